The molecule has 0 aliphatic heterocycles. The van der Waals surface area contributed by atoms with Crippen LogP contribution in [0.3, 0.4) is 0 Å². The molecule has 2 fully saturated rings. The van der Waals surface area contributed by atoms with E-state index in [4.69, 9.17) is 0 Å². The van der Waals surface area contributed by atoms with E-state index in [0.717, 1.165) is 44.1 Å². The summed E-state index contributed by atoms with van der Waals surface area (Å²) in [5.41, 5.74) is 2.37. The number of hydrogen-bond donors (Lipinski definition) is 1. The summed E-state index contributed by atoms with van der Waals surface area (Å²) in [4.78, 5) is 15.7. The third-order valence-electron chi connectivity index (χ3n) is 8.66. The van der Waals surface area contributed by atoms with Crippen LogP contribution in [-0.4, -0.2) is 35.9 Å². The molecule has 0 spiro atoms. The van der Waals surface area contributed by atoms with Gasteiger partial charge in [0.05, 0.1) is 4.90 Å². The second-order valence-corrected chi connectivity index (χ2v) is 12.3. The van der Waals surface area contributed by atoms with Crippen molar-refractivity contribution in [3.63, 3.8) is 0 Å². The summed E-state index contributed by atoms with van der Waals surface area (Å²) in [6, 6.07) is 5.57. The quantitative estimate of drug-likeness (QED) is 0.655. The molecule has 5 atom stereocenters. The van der Waals surface area contributed by atoms with E-state index in [9.17, 15) is 17.8 Å². The number of amides is 1. The Bertz CT molecular complexity index is 962. The van der Waals surface area contributed by atoms with Gasteiger partial charge in [0.1, 0.15) is 0 Å². The summed E-state index contributed by atoms with van der Waals surface area (Å²) in [7, 11) is -4.17. The fourth-order valence-corrected chi connectivity index (χ4v) is 7.94. The van der Waals surface area contributed by atoms with Crippen molar-refractivity contribution in [2.75, 3.05) is 0 Å². The highest BCUT2D eigenvalue weighted by atomic mass is 32.2. The van der Waals surface area contributed by atoms with Crippen LogP contribution in [0.25, 0.3) is 0 Å². The van der Waals surface area contributed by atoms with E-state index in [1.807, 2.05) is 6.07 Å². The molecule has 1 N–H and O–H groups in total. The standard InChI is InChI=1S/C25H37NO4S/c1-15(2)26(16(3)4)24(27)23-11-10-22-21-8-6-17-14-18(31(28,29)30)7-9-19(17)20(21)12-13-25(22,23)5/h7,9,14-16,20-23H,6,8,10-13H2,1-5H3,(H,28,29,30)/t20-,21-,22+,23-,25+/m1/s1. The Kier molecular flexibility index (Phi) is 5.79. The average Bonchev–Trinajstić information content (AvgIpc) is 3.03. The fourth-order valence-electron chi connectivity index (χ4n) is 7.41. The zero-order chi connectivity index (χ0) is 22.7. The highest BCUT2D eigenvalue weighted by molar-refractivity contribution is 7.85. The van der Waals surface area contributed by atoms with Crippen LogP contribution in [0.1, 0.15) is 83.8 Å². The van der Waals surface area contributed by atoms with Crippen LogP contribution in [0.2, 0.25) is 0 Å². The van der Waals surface area contributed by atoms with Crippen molar-refractivity contribution in [2.24, 2.45) is 23.2 Å². The van der Waals surface area contributed by atoms with E-state index in [2.05, 4.69) is 39.5 Å². The van der Waals surface area contributed by atoms with Crippen molar-refractivity contribution in [3.05, 3.63) is 29.3 Å². The molecule has 0 aromatic heterocycles. The minimum Gasteiger partial charge on any atom is -0.338 e. The minimum absolute atomic E-state index is 0.000614. The van der Waals surface area contributed by atoms with E-state index in [1.54, 1.807) is 12.1 Å². The van der Waals surface area contributed by atoms with Gasteiger partial charge in [-0.2, -0.15) is 8.42 Å². The highest BCUT2D eigenvalue weighted by Gasteiger charge is 2.57. The van der Waals surface area contributed by atoms with Gasteiger partial charge in [0.15, 0.2) is 0 Å². The molecular weight excluding hydrogens is 410 g/mol. The van der Waals surface area contributed by atoms with Crippen LogP contribution >= 0.6 is 0 Å². The Morgan fingerprint density at radius 2 is 1.77 bits per heavy atom. The summed E-state index contributed by atoms with van der Waals surface area (Å²) >= 11 is 0. The third-order valence-corrected chi connectivity index (χ3v) is 9.51. The molecule has 1 aromatic carbocycles. The SMILES string of the molecule is CC(C)N(C(=O)[C@H]1CC[C@H]2[C@@H]3CCc4cc(S(=O)(=O)O)ccc4[C@H]3CC[C@]12C)C(C)C. The number of carbonyl (C=O) groups excluding carboxylic acids is 1. The van der Waals surface area contributed by atoms with Crippen LogP contribution in [-0.2, 0) is 21.3 Å². The molecule has 2 saturated carbocycles. The number of benzene rings is 1. The lowest BCUT2D eigenvalue weighted by Crippen LogP contribution is -2.50. The van der Waals surface area contributed by atoms with Crippen LogP contribution in [0.15, 0.2) is 23.1 Å². The third kappa shape index (κ3) is 3.74. The first-order valence-electron chi connectivity index (χ1n) is 11.9. The Labute approximate surface area is 187 Å². The van der Waals surface area contributed by atoms with Gasteiger partial charge in [-0.15, -0.1) is 0 Å². The lowest BCUT2D eigenvalue weighted by molar-refractivity contribution is -0.144. The van der Waals surface area contributed by atoms with Crippen LogP contribution < -0.4 is 0 Å². The van der Waals surface area contributed by atoms with Gasteiger partial charge in [0, 0.05) is 18.0 Å². The van der Waals surface area contributed by atoms with Gasteiger partial charge < -0.3 is 4.90 Å². The summed E-state index contributed by atoms with van der Waals surface area (Å²) in [6.45, 7) is 10.8. The summed E-state index contributed by atoms with van der Waals surface area (Å²) in [6.07, 6.45) is 6.05. The molecule has 0 bridgehead atoms. The average molecular weight is 448 g/mol. The lowest BCUT2D eigenvalue weighted by atomic mass is 9.54. The Balaban J connectivity index is 1.61. The first kappa shape index (κ1) is 22.8. The van der Waals surface area contributed by atoms with E-state index in [-0.39, 0.29) is 28.3 Å². The van der Waals surface area contributed by atoms with Gasteiger partial charge in [-0.1, -0.05) is 13.0 Å². The molecule has 1 aromatic rings. The van der Waals surface area contributed by atoms with Crippen LogP contribution in [0.5, 0.6) is 0 Å². The molecule has 0 radical (unpaired) electrons. The highest BCUT2D eigenvalue weighted by Crippen LogP contribution is 2.63. The molecule has 6 heteroatoms. The molecular formula is C25H37NO4S. The Morgan fingerprint density at radius 1 is 1.10 bits per heavy atom. The van der Waals surface area contributed by atoms with Gasteiger partial charge in [-0.25, -0.2) is 0 Å². The number of hydrogen-bond acceptors (Lipinski definition) is 3. The number of nitrogens with zero attached hydrogens (tertiary/aromatic N) is 1. The first-order chi connectivity index (χ1) is 14.4. The molecule has 1 amide bonds. The summed E-state index contributed by atoms with van der Waals surface area (Å²) in [5.74, 6) is 1.95. The zero-order valence-electron chi connectivity index (χ0n) is 19.5. The number of rotatable bonds is 4. The number of fused-ring (bicyclic) bond motifs is 5. The smallest absolute Gasteiger partial charge is 0.294 e. The summed E-state index contributed by atoms with van der Waals surface area (Å²) in [5, 5.41) is 0. The molecule has 172 valence electrons. The predicted octanol–water partition coefficient (Wildman–Crippen LogP) is 5.05. The van der Waals surface area contributed by atoms with Gasteiger partial charge in [0.2, 0.25) is 5.91 Å². The van der Waals surface area contributed by atoms with Crippen LogP contribution in [0, 0.1) is 23.2 Å². The normalized spacial score (nSPS) is 32.5. The monoisotopic (exact) mass is 447 g/mol. The first-order valence-corrected chi connectivity index (χ1v) is 13.3. The van der Waals surface area contributed by atoms with Crippen molar-refractivity contribution in [3.8, 4) is 0 Å². The van der Waals surface area contributed by atoms with E-state index in [1.165, 1.54) is 5.56 Å². The maximum Gasteiger partial charge on any atom is 0.294 e. The molecule has 5 nitrogen and oxygen atoms in total. The Hall–Kier alpha value is -1.40. The van der Waals surface area contributed by atoms with Crippen molar-refractivity contribution in [1.82, 2.24) is 4.90 Å². The topological polar surface area (TPSA) is 74.7 Å². The molecule has 0 saturated heterocycles. The molecule has 0 unspecified atom stereocenters. The Morgan fingerprint density at radius 3 is 2.39 bits per heavy atom. The van der Waals surface area contributed by atoms with Crippen molar-refractivity contribution in [2.45, 2.75) is 96.0 Å². The largest absolute Gasteiger partial charge is 0.338 e. The zero-order valence-corrected chi connectivity index (χ0v) is 20.3. The van der Waals surface area contributed by atoms with E-state index < -0.39 is 10.1 Å². The van der Waals surface area contributed by atoms with E-state index >= 15 is 0 Å². The molecule has 0 heterocycles. The second kappa shape index (κ2) is 7.87. The van der Waals surface area contributed by atoms with E-state index in [0.29, 0.717) is 23.7 Å². The van der Waals surface area contributed by atoms with Gasteiger partial charge in [0.25, 0.3) is 10.1 Å². The molecule has 3 aliphatic rings. The maximum atomic E-state index is 13.6. The molecule has 3 aliphatic carbocycles. The van der Waals surface area contributed by atoms with Crippen molar-refractivity contribution in [1.29, 1.82) is 0 Å². The predicted molar refractivity (Wildman–Crippen MR) is 121 cm³/mol. The van der Waals surface area contributed by atoms with Crippen molar-refractivity contribution < 1.29 is 17.8 Å². The summed E-state index contributed by atoms with van der Waals surface area (Å²) < 4.78 is 32.5. The van der Waals surface area contributed by atoms with Crippen molar-refractivity contribution >= 4 is 16.0 Å². The van der Waals surface area contributed by atoms with Gasteiger partial charge in [-0.3, -0.25) is 9.35 Å². The van der Waals surface area contributed by atoms with Crippen LogP contribution in [0.4, 0.5) is 0 Å². The molecule has 4 rings (SSSR count). The second-order valence-electron chi connectivity index (χ2n) is 10.9. The van der Waals surface area contributed by atoms with Gasteiger partial charge >= 0.3 is 0 Å². The fraction of sp³-hybridized carbons (Fsp3) is 0.720. The maximum absolute atomic E-state index is 13.6. The number of carbonyl (C=O) groups is 1. The minimum atomic E-state index is -4.17. The lowest BCUT2D eigenvalue weighted by Gasteiger charge is -2.51. The molecule has 31 heavy (non-hydrogen) atoms. The van der Waals surface area contributed by atoms with Gasteiger partial charge in [-0.05, 0) is 113 Å². The number of aryl methyl sites for hydroxylation is 1.